The molecule has 1 fully saturated rings. The third-order valence-electron chi connectivity index (χ3n) is 6.86. The quantitative estimate of drug-likeness (QED) is 0.466. The second-order valence-electron chi connectivity index (χ2n) is 9.76. The molecule has 0 aromatic heterocycles. The van der Waals surface area contributed by atoms with Crippen LogP contribution in [0, 0.1) is 0 Å². The number of likely N-dealkylation sites (tertiary alicyclic amines) is 1. The number of aliphatic hydroxyl groups excluding tert-OH is 1. The maximum absolute atomic E-state index is 13.1. The zero-order chi connectivity index (χ0) is 26.2. The molecule has 2 aliphatic heterocycles. The van der Waals surface area contributed by atoms with Gasteiger partial charge in [-0.2, -0.15) is 0 Å². The van der Waals surface area contributed by atoms with E-state index in [0.717, 1.165) is 55.7 Å². The fraction of sp³-hybridized carbons (Fsp3) is 0.323. The maximum Gasteiger partial charge on any atom is 0.224 e. The van der Waals surface area contributed by atoms with Gasteiger partial charge >= 0.3 is 0 Å². The Bertz CT molecular complexity index is 1210. The Morgan fingerprint density at radius 2 is 1.79 bits per heavy atom. The number of nitrogens with one attached hydrogen (secondary N) is 1. The monoisotopic (exact) mass is 514 g/mol. The molecule has 1 amide bonds. The van der Waals surface area contributed by atoms with E-state index in [2.05, 4.69) is 16.3 Å². The summed E-state index contributed by atoms with van der Waals surface area (Å²) in [6, 6.07) is 16.5. The number of carbonyl (C=O) groups is 1. The molecule has 0 bridgehead atoms. The second-order valence-corrected chi connectivity index (χ2v) is 9.76. The Kier molecular flexibility index (Phi) is 8.58. The summed E-state index contributed by atoms with van der Waals surface area (Å²) in [4.78, 5) is 15.3. The molecule has 2 heterocycles. The maximum atomic E-state index is 13.1. The molecule has 38 heavy (non-hydrogen) atoms. The lowest BCUT2D eigenvalue weighted by Gasteiger charge is -2.31. The summed E-state index contributed by atoms with van der Waals surface area (Å²) in [5, 5.41) is 14.4. The summed E-state index contributed by atoms with van der Waals surface area (Å²) >= 11 is 0. The van der Waals surface area contributed by atoms with Crippen LogP contribution in [-0.4, -0.2) is 47.7 Å². The Hall–Kier alpha value is -3.81. The van der Waals surface area contributed by atoms with E-state index in [4.69, 9.17) is 14.2 Å². The van der Waals surface area contributed by atoms with Crippen LogP contribution in [0.3, 0.4) is 0 Å². The molecular weight excluding hydrogens is 480 g/mol. The lowest BCUT2D eigenvalue weighted by molar-refractivity contribution is -0.122. The van der Waals surface area contributed by atoms with Gasteiger partial charge in [-0.25, -0.2) is 0 Å². The number of nitrogens with zero attached hydrogens (tertiary/aromatic N) is 1. The first-order valence-corrected chi connectivity index (χ1v) is 13.3. The minimum absolute atomic E-state index is 0.168. The van der Waals surface area contributed by atoms with E-state index in [9.17, 15) is 9.90 Å². The fourth-order valence-corrected chi connectivity index (χ4v) is 4.83. The van der Waals surface area contributed by atoms with Crippen molar-refractivity contribution < 1.29 is 24.1 Å². The van der Waals surface area contributed by atoms with E-state index in [1.54, 1.807) is 6.26 Å². The number of amides is 1. The predicted octanol–water partition coefficient (Wildman–Crippen LogP) is 4.97. The zero-order valence-electron chi connectivity index (χ0n) is 21.4. The molecule has 7 nitrogen and oxygen atoms in total. The van der Waals surface area contributed by atoms with E-state index in [1.165, 1.54) is 6.26 Å². The molecule has 7 heteroatoms. The number of ether oxygens (including phenoxy) is 3. The number of allylic oxidation sites excluding steroid dienone is 4. The largest absolute Gasteiger partial charge is 0.465 e. The minimum atomic E-state index is -1.05. The molecule has 198 valence electrons. The van der Waals surface area contributed by atoms with E-state index >= 15 is 0 Å². The Morgan fingerprint density at radius 1 is 1.03 bits per heavy atom. The molecule has 2 aromatic rings. The van der Waals surface area contributed by atoms with Crippen LogP contribution in [-0.2, 0) is 20.7 Å². The number of para-hydroxylation sites is 1. The van der Waals surface area contributed by atoms with E-state index < -0.39 is 12.1 Å². The Morgan fingerprint density at radius 3 is 2.53 bits per heavy atom. The van der Waals surface area contributed by atoms with Gasteiger partial charge in [-0.3, -0.25) is 4.79 Å². The van der Waals surface area contributed by atoms with Crippen molar-refractivity contribution >= 4 is 5.91 Å². The van der Waals surface area contributed by atoms with Gasteiger partial charge in [-0.1, -0.05) is 48.6 Å². The molecule has 0 saturated carbocycles. The number of hydrogen-bond acceptors (Lipinski definition) is 6. The highest BCUT2D eigenvalue weighted by atomic mass is 16.6. The van der Waals surface area contributed by atoms with Crippen molar-refractivity contribution in [3.8, 4) is 11.5 Å². The Balaban J connectivity index is 1.21. The van der Waals surface area contributed by atoms with Crippen LogP contribution in [0.25, 0.3) is 0 Å². The summed E-state index contributed by atoms with van der Waals surface area (Å²) in [6.45, 7) is 2.42. The topological polar surface area (TPSA) is 80.3 Å². The predicted molar refractivity (Wildman–Crippen MR) is 145 cm³/mol. The average molecular weight is 515 g/mol. The SMILES string of the molecule is O=C(Cc1ccc(Oc2ccccc2)cc1)N[C@H](CN1CCCC1)[C@@H](O)C1=COC=C(C2=CC=CCC2)O1. The average Bonchev–Trinajstić information content (AvgIpc) is 3.48. The first-order chi connectivity index (χ1) is 18.6. The van der Waals surface area contributed by atoms with Gasteiger partial charge in [0.2, 0.25) is 5.91 Å². The van der Waals surface area contributed by atoms with Crippen LogP contribution < -0.4 is 10.1 Å². The molecule has 2 N–H and O–H groups in total. The smallest absolute Gasteiger partial charge is 0.224 e. The van der Waals surface area contributed by atoms with Gasteiger partial charge in [-0.05, 0) is 74.2 Å². The first-order valence-electron chi connectivity index (χ1n) is 13.3. The highest BCUT2D eigenvalue weighted by molar-refractivity contribution is 5.79. The van der Waals surface area contributed by atoms with Crippen LogP contribution >= 0.6 is 0 Å². The summed E-state index contributed by atoms with van der Waals surface area (Å²) in [5.41, 5.74) is 1.88. The molecule has 5 rings (SSSR count). The summed E-state index contributed by atoms with van der Waals surface area (Å²) < 4.78 is 17.4. The van der Waals surface area contributed by atoms with Crippen molar-refractivity contribution in [2.75, 3.05) is 19.6 Å². The normalized spacial score (nSPS) is 18.8. The molecule has 2 aromatic carbocycles. The highest BCUT2D eigenvalue weighted by Crippen LogP contribution is 2.28. The van der Waals surface area contributed by atoms with Crippen LogP contribution in [0.5, 0.6) is 11.5 Å². The Labute approximate surface area is 223 Å². The second kappa shape index (κ2) is 12.6. The van der Waals surface area contributed by atoms with Crippen molar-refractivity contribution in [1.29, 1.82) is 0 Å². The molecular formula is C31H34N2O5. The van der Waals surface area contributed by atoms with Crippen LogP contribution in [0.15, 0.2) is 102 Å². The van der Waals surface area contributed by atoms with Gasteiger partial charge in [0, 0.05) is 6.54 Å². The lowest BCUT2D eigenvalue weighted by atomic mass is 10.0. The van der Waals surface area contributed by atoms with Gasteiger partial charge in [0.25, 0.3) is 0 Å². The summed E-state index contributed by atoms with van der Waals surface area (Å²) in [5.74, 6) is 2.18. The highest BCUT2D eigenvalue weighted by Gasteiger charge is 2.31. The van der Waals surface area contributed by atoms with Gasteiger partial charge in [0.15, 0.2) is 11.5 Å². The third kappa shape index (κ3) is 6.94. The van der Waals surface area contributed by atoms with Crippen molar-refractivity contribution in [2.24, 2.45) is 0 Å². The van der Waals surface area contributed by atoms with Crippen LogP contribution in [0.4, 0.5) is 0 Å². The number of hydrogen-bond donors (Lipinski definition) is 2. The molecule has 1 aliphatic carbocycles. The molecule has 0 spiro atoms. The fourth-order valence-electron chi connectivity index (χ4n) is 4.83. The number of rotatable bonds is 10. The lowest BCUT2D eigenvalue weighted by Crippen LogP contribution is -2.51. The number of carbonyl (C=O) groups excluding carboxylic acids is 1. The summed E-state index contributed by atoms with van der Waals surface area (Å²) in [6.07, 6.45) is 12.2. The van der Waals surface area contributed by atoms with E-state index in [1.807, 2.05) is 66.7 Å². The van der Waals surface area contributed by atoms with Crippen molar-refractivity contribution in [1.82, 2.24) is 10.2 Å². The summed E-state index contributed by atoms with van der Waals surface area (Å²) in [7, 11) is 0. The van der Waals surface area contributed by atoms with Crippen LogP contribution in [0.1, 0.15) is 31.2 Å². The van der Waals surface area contributed by atoms with Crippen molar-refractivity contribution in [3.05, 3.63) is 108 Å². The van der Waals surface area contributed by atoms with Crippen LogP contribution in [0.2, 0.25) is 0 Å². The zero-order valence-corrected chi connectivity index (χ0v) is 21.4. The molecule has 1 saturated heterocycles. The van der Waals surface area contributed by atoms with Crippen molar-refractivity contribution in [3.63, 3.8) is 0 Å². The van der Waals surface area contributed by atoms with Gasteiger partial charge in [0.1, 0.15) is 30.1 Å². The van der Waals surface area contributed by atoms with Gasteiger partial charge < -0.3 is 29.5 Å². The van der Waals surface area contributed by atoms with Gasteiger partial charge in [-0.15, -0.1) is 0 Å². The molecule has 0 unspecified atom stereocenters. The third-order valence-corrected chi connectivity index (χ3v) is 6.86. The van der Waals surface area contributed by atoms with Crippen molar-refractivity contribution in [2.45, 2.75) is 44.2 Å². The van der Waals surface area contributed by atoms with Gasteiger partial charge in [0.05, 0.1) is 12.5 Å². The molecule has 2 atom stereocenters. The minimum Gasteiger partial charge on any atom is -0.465 e. The number of aliphatic hydroxyl groups is 1. The molecule has 3 aliphatic rings. The molecule has 0 radical (unpaired) electrons. The van der Waals surface area contributed by atoms with E-state index in [-0.39, 0.29) is 12.3 Å². The standard InChI is InChI=1S/C31H34N2O5/c34-30(19-23-13-15-26(16-14-23)37-25-11-5-2-6-12-25)32-27(20-33-17-7-8-18-33)31(35)29-22-36-21-28(38-29)24-9-3-1-4-10-24/h1-3,5-6,9,11-16,21-22,27,31,35H,4,7-8,10,17-20H2,(H,32,34)/t27-,31-/m1/s1. The van der Waals surface area contributed by atoms with E-state index in [0.29, 0.717) is 23.8 Å². The first kappa shape index (κ1) is 25.8. The number of benzene rings is 2.